The molecule has 1 aromatic heterocycles. The number of methoxy groups -OCH3 is 1. The van der Waals surface area contributed by atoms with Gasteiger partial charge in [0, 0.05) is 26.2 Å². The Labute approximate surface area is 187 Å². The molecule has 0 atom stereocenters. The monoisotopic (exact) mass is 426 g/mol. The van der Waals surface area contributed by atoms with Crippen LogP contribution in [0.2, 0.25) is 0 Å². The van der Waals surface area contributed by atoms with E-state index in [4.69, 9.17) is 9.72 Å². The normalized spacial score (nSPS) is 14.0. The van der Waals surface area contributed by atoms with Gasteiger partial charge in [0.05, 0.1) is 30.3 Å². The summed E-state index contributed by atoms with van der Waals surface area (Å²) in [7, 11) is 1.60. The predicted octanol–water partition coefficient (Wildman–Crippen LogP) is 4.06. The fraction of sp³-hybridized carbons (Fsp3) is 0.231. The molecule has 1 fully saturated rings. The lowest BCUT2D eigenvalue weighted by Crippen LogP contribution is -2.49. The van der Waals surface area contributed by atoms with Gasteiger partial charge in [-0.25, -0.2) is 4.98 Å². The molecule has 0 spiro atoms. The molecule has 1 aliphatic heterocycles. The van der Waals surface area contributed by atoms with Crippen LogP contribution in [0.4, 0.5) is 5.95 Å². The summed E-state index contributed by atoms with van der Waals surface area (Å²) in [6.07, 6.45) is 0. The summed E-state index contributed by atoms with van der Waals surface area (Å²) in [5, 5.41) is 0. The molecule has 1 amide bonds. The average molecular weight is 427 g/mol. The van der Waals surface area contributed by atoms with Crippen molar-refractivity contribution in [1.82, 2.24) is 14.5 Å². The second kappa shape index (κ2) is 8.75. The predicted molar refractivity (Wildman–Crippen MR) is 126 cm³/mol. The number of fused-ring (bicyclic) bond motifs is 1. The van der Waals surface area contributed by atoms with E-state index in [1.165, 1.54) is 5.56 Å². The molecule has 6 nitrogen and oxygen atoms in total. The van der Waals surface area contributed by atoms with Crippen LogP contribution < -0.4 is 9.64 Å². The summed E-state index contributed by atoms with van der Waals surface area (Å²) in [4.78, 5) is 22.2. The molecule has 0 radical (unpaired) electrons. The van der Waals surface area contributed by atoms with Crippen molar-refractivity contribution in [3.05, 3.63) is 90.0 Å². The van der Waals surface area contributed by atoms with E-state index in [0.717, 1.165) is 36.6 Å². The van der Waals surface area contributed by atoms with E-state index in [0.29, 0.717) is 24.4 Å². The Morgan fingerprint density at radius 2 is 1.56 bits per heavy atom. The van der Waals surface area contributed by atoms with Gasteiger partial charge in [-0.2, -0.15) is 0 Å². The maximum atomic E-state index is 13.1. The standard InChI is InChI=1S/C26H26N4O2/c1-32-24-14-8-5-11-21(24)25(31)28-15-17-29(18-16-28)26-27-22-12-6-7-13-23(22)30(26)19-20-9-3-2-4-10-20/h2-14H,15-19H2,1H3. The van der Waals surface area contributed by atoms with Crippen LogP contribution in [0.5, 0.6) is 5.75 Å². The third-order valence-electron chi connectivity index (χ3n) is 6.01. The molecule has 1 aliphatic rings. The van der Waals surface area contributed by atoms with E-state index in [-0.39, 0.29) is 5.91 Å². The smallest absolute Gasteiger partial charge is 0.257 e. The van der Waals surface area contributed by atoms with E-state index < -0.39 is 0 Å². The molecule has 6 heteroatoms. The fourth-order valence-electron chi connectivity index (χ4n) is 4.33. The van der Waals surface area contributed by atoms with Crippen molar-refractivity contribution < 1.29 is 9.53 Å². The number of benzene rings is 3. The van der Waals surface area contributed by atoms with Gasteiger partial charge in [0.15, 0.2) is 0 Å². The molecule has 0 saturated carbocycles. The third-order valence-corrected chi connectivity index (χ3v) is 6.01. The Morgan fingerprint density at radius 1 is 0.875 bits per heavy atom. The van der Waals surface area contributed by atoms with Crippen molar-refractivity contribution in [3.8, 4) is 5.75 Å². The number of rotatable bonds is 5. The molecule has 4 aromatic rings. The maximum absolute atomic E-state index is 13.1. The van der Waals surface area contributed by atoms with Crippen LogP contribution in [0.3, 0.4) is 0 Å². The number of piperazine rings is 1. The number of para-hydroxylation sites is 3. The number of carbonyl (C=O) groups excluding carboxylic acids is 1. The topological polar surface area (TPSA) is 50.6 Å². The van der Waals surface area contributed by atoms with Gasteiger partial charge >= 0.3 is 0 Å². The van der Waals surface area contributed by atoms with Gasteiger partial charge in [0.1, 0.15) is 5.75 Å². The summed E-state index contributed by atoms with van der Waals surface area (Å²) in [6.45, 7) is 3.52. The van der Waals surface area contributed by atoms with E-state index in [1.54, 1.807) is 7.11 Å². The molecule has 162 valence electrons. The molecule has 0 N–H and O–H groups in total. The molecule has 0 bridgehead atoms. The molecule has 0 aliphatic carbocycles. The molecule has 32 heavy (non-hydrogen) atoms. The number of carbonyl (C=O) groups is 1. The molecule has 5 rings (SSSR count). The quantitative estimate of drug-likeness (QED) is 0.483. The Hall–Kier alpha value is -3.80. The summed E-state index contributed by atoms with van der Waals surface area (Å²) in [5.41, 5.74) is 3.96. The SMILES string of the molecule is COc1ccccc1C(=O)N1CCN(c2nc3ccccc3n2Cc2ccccc2)CC1. The van der Waals surface area contributed by atoms with E-state index >= 15 is 0 Å². The lowest BCUT2D eigenvalue weighted by atomic mass is 10.1. The minimum Gasteiger partial charge on any atom is -0.496 e. The van der Waals surface area contributed by atoms with E-state index in [2.05, 4.69) is 51.9 Å². The van der Waals surface area contributed by atoms with Crippen LogP contribution in [0.15, 0.2) is 78.9 Å². The van der Waals surface area contributed by atoms with Crippen LogP contribution in [-0.4, -0.2) is 53.6 Å². The number of anilines is 1. The van der Waals surface area contributed by atoms with Gasteiger partial charge in [-0.15, -0.1) is 0 Å². The largest absolute Gasteiger partial charge is 0.496 e. The molecular weight excluding hydrogens is 400 g/mol. The highest BCUT2D eigenvalue weighted by molar-refractivity contribution is 5.97. The Bertz CT molecular complexity index is 1230. The lowest BCUT2D eigenvalue weighted by molar-refractivity contribution is 0.0742. The zero-order valence-corrected chi connectivity index (χ0v) is 18.1. The molecule has 2 heterocycles. The number of imidazole rings is 1. The van der Waals surface area contributed by atoms with Gasteiger partial charge < -0.3 is 19.1 Å². The second-order valence-corrected chi connectivity index (χ2v) is 7.95. The number of ether oxygens (including phenoxy) is 1. The third kappa shape index (κ3) is 3.80. The van der Waals surface area contributed by atoms with Gasteiger partial charge in [-0.05, 0) is 29.8 Å². The van der Waals surface area contributed by atoms with Crippen LogP contribution in [0, 0.1) is 0 Å². The van der Waals surface area contributed by atoms with Crippen molar-refractivity contribution in [2.75, 3.05) is 38.2 Å². The summed E-state index contributed by atoms with van der Waals surface area (Å²) in [5.74, 6) is 1.59. The number of hydrogen-bond donors (Lipinski definition) is 0. The van der Waals surface area contributed by atoms with Gasteiger partial charge in [0.25, 0.3) is 5.91 Å². The average Bonchev–Trinajstić information content (AvgIpc) is 3.22. The first-order valence-corrected chi connectivity index (χ1v) is 10.9. The number of nitrogens with zero attached hydrogens (tertiary/aromatic N) is 4. The maximum Gasteiger partial charge on any atom is 0.257 e. The first kappa shape index (κ1) is 20.1. The van der Waals surface area contributed by atoms with Crippen LogP contribution in [-0.2, 0) is 6.54 Å². The highest BCUT2D eigenvalue weighted by atomic mass is 16.5. The van der Waals surface area contributed by atoms with E-state index in [9.17, 15) is 4.79 Å². The van der Waals surface area contributed by atoms with Gasteiger partial charge in [-0.1, -0.05) is 54.6 Å². The van der Waals surface area contributed by atoms with Crippen LogP contribution >= 0.6 is 0 Å². The minimum atomic E-state index is 0.0138. The number of hydrogen-bond acceptors (Lipinski definition) is 4. The summed E-state index contributed by atoms with van der Waals surface area (Å²) >= 11 is 0. The van der Waals surface area contributed by atoms with Crippen molar-refractivity contribution in [2.45, 2.75) is 6.54 Å². The van der Waals surface area contributed by atoms with Crippen molar-refractivity contribution in [1.29, 1.82) is 0 Å². The Morgan fingerprint density at radius 3 is 2.34 bits per heavy atom. The molecular formula is C26H26N4O2. The van der Waals surface area contributed by atoms with Gasteiger partial charge in [-0.3, -0.25) is 4.79 Å². The molecule has 3 aromatic carbocycles. The number of amides is 1. The highest BCUT2D eigenvalue weighted by Gasteiger charge is 2.26. The van der Waals surface area contributed by atoms with E-state index in [1.807, 2.05) is 41.3 Å². The second-order valence-electron chi connectivity index (χ2n) is 7.95. The highest BCUT2D eigenvalue weighted by Crippen LogP contribution is 2.26. The zero-order valence-electron chi connectivity index (χ0n) is 18.1. The zero-order chi connectivity index (χ0) is 21.9. The number of aromatic nitrogens is 2. The first-order valence-electron chi connectivity index (χ1n) is 10.9. The summed E-state index contributed by atoms with van der Waals surface area (Å²) in [6, 6.07) is 26.1. The fourth-order valence-corrected chi connectivity index (χ4v) is 4.33. The summed E-state index contributed by atoms with van der Waals surface area (Å²) < 4.78 is 7.66. The molecule has 0 unspecified atom stereocenters. The Kier molecular flexibility index (Phi) is 5.50. The van der Waals surface area contributed by atoms with Crippen molar-refractivity contribution in [2.24, 2.45) is 0 Å². The van der Waals surface area contributed by atoms with Gasteiger partial charge in [0.2, 0.25) is 5.95 Å². The Balaban J connectivity index is 1.38. The van der Waals surface area contributed by atoms with Crippen molar-refractivity contribution >= 4 is 22.9 Å². The first-order chi connectivity index (χ1) is 15.7. The van der Waals surface area contributed by atoms with Crippen LogP contribution in [0.25, 0.3) is 11.0 Å². The van der Waals surface area contributed by atoms with Crippen molar-refractivity contribution in [3.63, 3.8) is 0 Å². The lowest BCUT2D eigenvalue weighted by Gasteiger charge is -2.35. The minimum absolute atomic E-state index is 0.0138. The molecule has 1 saturated heterocycles. The van der Waals surface area contributed by atoms with Crippen LogP contribution in [0.1, 0.15) is 15.9 Å².